The van der Waals surface area contributed by atoms with E-state index in [2.05, 4.69) is 31.5 Å². The molecule has 1 aliphatic rings. The van der Waals surface area contributed by atoms with Crippen molar-refractivity contribution in [1.82, 2.24) is 10.3 Å². The zero-order chi connectivity index (χ0) is 11.4. The van der Waals surface area contributed by atoms with E-state index in [0.29, 0.717) is 17.7 Å². The Morgan fingerprint density at radius 1 is 1.56 bits per heavy atom. The summed E-state index contributed by atoms with van der Waals surface area (Å²) in [6, 6.07) is 0.522. The Bertz CT molecular complexity index is 363. The summed E-state index contributed by atoms with van der Waals surface area (Å²) in [7, 11) is 0. The highest BCUT2D eigenvalue weighted by molar-refractivity contribution is 9.11. The third-order valence-electron chi connectivity index (χ3n) is 2.63. The second-order valence-corrected chi connectivity index (χ2v) is 6.29. The maximum Gasteiger partial charge on any atom is 0.240 e. The van der Waals surface area contributed by atoms with Crippen LogP contribution < -0.4 is 10.6 Å². The van der Waals surface area contributed by atoms with Crippen LogP contribution in [-0.2, 0) is 4.79 Å². The highest BCUT2D eigenvalue weighted by Crippen LogP contribution is 2.23. The number of rotatable bonds is 4. The number of carbonyl (C=O) groups excluding carboxylic acids is 1. The summed E-state index contributed by atoms with van der Waals surface area (Å²) >= 11 is 4.72. The molecule has 1 amide bonds. The molecule has 1 aromatic heterocycles. The molecule has 1 saturated carbocycles. The van der Waals surface area contributed by atoms with E-state index in [1.165, 1.54) is 37.0 Å². The molecular weight excluding hydrogens is 290 g/mol. The van der Waals surface area contributed by atoms with Crippen molar-refractivity contribution >= 4 is 38.3 Å². The normalized spacial score (nSPS) is 16.6. The number of amides is 1. The van der Waals surface area contributed by atoms with E-state index in [0.717, 1.165) is 3.79 Å². The van der Waals surface area contributed by atoms with Crippen LogP contribution in [0.3, 0.4) is 0 Å². The smallest absolute Gasteiger partial charge is 0.240 e. The molecule has 0 bridgehead atoms. The SMILES string of the molecule is O=C(CNC1CCCC1)Nc1ncc(Br)s1. The van der Waals surface area contributed by atoms with Gasteiger partial charge in [-0.1, -0.05) is 24.2 Å². The number of carbonyl (C=O) groups is 1. The van der Waals surface area contributed by atoms with Gasteiger partial charge in [0.25, 0.3) is 0 Å². The molecule has 0 atom stereocenters. The maximum atomic E-state index is 11.6. The standard InChI is InChI=1S/C10H14BrN3OS/c11-8-5-13-10(16-8)14-9(15)6-12-7-3-1-2-4-7/h5,7,12H,1-4,6H2,(H,13,14,15). The van der Waals surface area contributed by atoms with Gasteiger partial charge in [-0.15, -0.1) is 0 Å². The molecule has 1 aromatic rings. The number of aromatic nitrogens is 1. The van der Waals surface area contributed by atoms with Gasteiger partial charge in [0, 0.05) is 6.04 Å². The lowest BCUT2D eigenvalue weighted by Crippen LogP contribution is -2.34. The Balaban J connectivity index is 1.71. The molecule has 1 aliphatic carbocycles. The Morgan fingerprint density at radius 2 is 2.31 bits per heavy atom. The molecular formula is C10H14BrN3OS. The van der Waals surface area contributed by atoms with Gasteiger partial charge in [-0.25, -0.2) is 4.98 Å². The van der Waals surface area contributed by atoms with Crippen molar-refractivity contribution in [3.63, 3.8) is 0 Å². The topological polar surface area (TPSA) is 54.0 Å². The summed E-state index contributed by atoms with van der Waals surface area (Å²) in [5.41, 5.74) is 0. The second kappa shape index (κ2) is 5.75. The van der Waals surface area contributed by atoms with E-state index < -0.39 is 0 Å². The lowest BCUT2D eigenvalue weighted by molar-refractivity contribution is -0.115. The van der Waals surface area contributed by atoms with Crippen molar-refractivity contribution in [3.8, 4) is 0 Å². The number of halogens is 1. The van der Waals surface area contributed by atoms with Crippen LogP contribution in [0.15, 0.2) is 9.98 Å². The second-order valence-electron chi connectivity index (χ2n) is 3.88. The third kappa shape index (κ3) is 3.54. The summed E-state index contributed by atoms with van der Waals surface area (Å²) < 4.78 is 0.923. The summed E-state index contributed by atoms with van der Waals surface area (Å²) in [4.78, 5) is 15.6. The molecule has 0 radical (unpaired) electrons. The van der Waals surface area contributed by atoms with Crippen LogP contribution in [0.2, 0.25) is 0 Å². The molecule has 0 unspecified atom stereocenters. The van der Waals surface area contributed by atoms with Gasteiger partial charge in [-0.2, -0.15) is 0 Å². The highest BCUT2D eigenvalue weighted by Gasteiger charge is 2.15. The van der Waals surface area contributed by atoms with Gasteiger partial charge in [-0.3, -0.25) is 4.79 Å². The van der Waals surface area contributed by atoms with Gasteiger partial charge in [0.2, 0.25) is 5.91 Å². The van der Waals surface area contributed by atoms with Crippen LogP contribution in [0.1, 0.15) is 25.7 Å². The fourth-order valence-corrected chi connectivity index (χ4v) is 2.97. The van der Waals surface area contributed by atoms with Crippen molar-refractivity contribution < 1.29 is 4.79 Å². The van der Waals surface area contributed by atoms with E-state index >= 15 is 0 Å². The molecule has 0 aliphatic heterocycles. The fourth-order valence-electron chi connectivity index (χ4n) is 1.84. The molecule has 16 heavy (non-hydrogen) atoms. The molecule has 2 rings (SSSR count). The average molecular weight is 304 g/mol. The average Bonchev–Trinajstić information content (AvgIpc) is 2.87. The van der Waals surface area contributed by atoms with E-state index in [4.69, 9.17) is 0 Å². The molecule has 88 valence electrons. The van der Waals surface area contributed by atoms with Crippen LogP contribution in [0.25, 0.3) is 0 Å². The summed E-state index contributed by atoms with van der Waals surface area (Å²) in [5.74, 6) is -0.0197. The minimum atomic E-state index is -0.0197. The van der Waals surface area contributed by atoms with Crippen molar-refractivity contribution in [3.05, 3.63) is 9.98 Å². The van der Waals surface area contributed by atoms with E-state index in [1.807, 2.05) is 0 Å². The Hall–Kier alpha value is -0.460. The minimum absolute atomic E-state index is 0.0197. The number of hydrogen-bond donors (Lipinski definition) is 2. The molecule has 4 nitrogen and oxygen atoms in total. The number of nitrogens with zero attached hydrogens (tertiary/aromatic N) is 1. The molecule has 6 heteroatoms. The third-order valence-corrected chi connectivity index (χ3v) is 4.02. The quantitative estimate of drug-likeness (QED) is 0.898. The Morgan fingerprint density at radius 3 is 2.94 bits per heavy atom. The van der Waals surface area contributed by atoms with E-state index in [9.17, 15) is 4.79 Å². The number of nitrogens with one attached hydrogen (secondary N) is 2. The largest absolute Gasteiger partial charge is 0.306 e. The van der Waals surface area contributed by atoms with Gasteiger partial charge in [-0.05, 0) is 28.8 Å². The molecule has 0 spiro atoms. The fraction of sp³-hybridized carbons (Fsp3) is 0.600. The molecule has 0 saturated heterocycles. The zero-order valence-corrected chi connectivity index (χ0v) is 11.2. The van der Waals surface area contributed by atoms with Crippen molar-refractivity contribution in [2.45, 2.75) is 31.7 Å². The van der Waals surface area contributed by atoms with Crippen LogP contribution >= 0.6 is 27.3 Å². The van der Waals surface area contributed by atoms with Crippen LogP contribution in [0.4, 0.5) is 5.13 Å². The number of hydrogen-bond acceptors (Lipinski definition) is 4. The van der Waals surface area contributed by atoms with Gasteiger partial charge in [0.1, 0.15) is 0 Å². The van der Waals surface area contributed by atoms with E-state index in [-0.39, 0.29) is 5.91 Å². The van der Waals surface area contributed by atoms with Gasteiger partial charge in [0.05, 0.1) is 16.5 Å². The van der Waals surface area contributed by atoms with Gasteiger partial charge < -0.3 is 10.6 Å². The monoisotopic (exact) mass is 303 g/mol. The van der Waals surface area contributed by atoms with Gasteiger partial charge in [0.15, 0.2) is 5.13 Å². The van der Waals surface area contributed by atoms with Crippen LogP contribution in [-0.4, -0.2) is 23.5 Å². The van der Waals surface area contributed by atoms with Crippen molar-refractivity contribution in [2.75, 3.05) is 11.9 Å². The molecule has 2 N–H and O–H groups in total. The highest BCUT2D eigenvalue weighted by atomic mass is 79.9. The predicted octanol–water partition coefficient (Wildman–Crippen LogP) is 2.38. The Labute approximate surface area is 107 Å². The molecule has 1 fully saturated rings. The lowest BCUT2D eigenvalue weighted by Gasteiger charge is -2.10. The minimum Gasteiger partial charge on any atom is -0.306 e. The van der Waals surface area contributed by atoms with Crippen LogP contribution in [0, 0.1) is 0 Å². The first-order chi connectivity index (χ1) is 7.74. The summed E-state index contributed by atoms with van der Waals surface area (Å²) in [6.07, 6.45) is 6.62. The van der Waals surface area contributed by atoms with Crippen molar-refractivity contribution in [2.24, 2.45) is 0 Å². The lowest BCUT2D eigenvalue weighted by atomic mass is 10.2. The number of thiazole rings is 1. The first-order valence-corrected chi connectivity index (χ1v) is 6.99. The Kier molecular flexibility index (Phi) is 4.31. The summed E-state index contributed by atoms with van der Waals surface area (Å²) in [5, 5.41) is 6.67. The van der Waals surface area contributed by atoms with Gasteiger partial charge >= 0.3 is 0 Å². The summed E-state index contributed by atoms with van der Waals surface area (Å²) in [6.45, 7) is 0.377. The first-order valence-electron chi connectivity index (χ1n) is 5.38. The predicted molar refractivity (Wildman–Crippen MR) is 68.7 cm³/mol. The molecule has 0 aromatic carbocycles. The molecule has 1 heterocycles. The van der Waals surface area contributed by atoms with Crippen molar-refractivity contribution in [1.29, 1.82) is 0 Å². The van der Waals surface area contributed by atoms with E-state index in [1.54, 1.807) is 6.20 Å². The van der Waals surface area contributed by atoms with Crippen LogP contribution in [0.5, 0.6) is 0 Å². The zero-order valence-electron chi connectivity index (χ0n) is 8.83. The first kappa shape index (κ1) is 12.0. The maximum absolute atomic E-state index is 11.6. The number of anilines is 1.